The summed E-state index contributed by atoms with van der Waals surface area (Å²) >= 11 is 0. The van der Waals surface area contributed by atoms with E-state index >= 15 is 0 Å². The van der Waals surface area contributed by atoms with Crippen LogP contribution in [0.1, 0.15) is 6.42 Å². The zero-order chi connectivity index (χ0) is 14.1. The van der Waals surface area contributed by atoms with Crippen LogP contribution in [0.2, 0.25) is 0 Å². The summed E-state index contributed by atoms with van der Waals surface area (Å²) in [6.45, 7) is 2.69. The lowest BCUT2D eigenvalue weighted by molar-refractivity contribution is -0.383. The van der Waals surface area contributed by atoms with E-state index in [0.29, 0.717) is 23.0 Å². The average molecular weight is 276 g/mol. The molecule has 1 aliphatic rings. The number of rotatable bonds is 4. The van der Waals surface area contributed by atoms with E-state index in [1.807, 2.05) is 11.9 Å². The molecule has 106 valence electrons. The Morgan fingerprint density at radius 3 is 3.20 bits per heavy atom. The summed E-state index contributed by atoms with van der Waals surface area (Å²) in [6.07, 6.45) is 1.07. The van der Waals surface area contributed by atoms with Crippen molar-refractivity contribution < 1.29 is 9.34 Å². The van der Waals surface area contributed by atoms with Crippen molar-refractivity contribution >= 4 is 22.8 Å². The molecule has 0 bridgehead atoms. The first kappa shape index (κ1) is 12.9. The standard InChI is InChI=1S/C13H16N4O3/c1-14-7-9-5-6-16(8-9)13-15-12-10(17(18)19)3-2-4-11(12)20-13/h2-4,9,14H,5-8H2,1H3. The normalized spacial score (nSPS) is 18.9. The molecule has 0 amide bonds. The molecule has 1 aliphatic heterocycles. The number of hydrogen-bond donors (Lipinski definition) is 1. The van der Waals surface area contributed by atoms with Gasteiger partial charge in [-0.2, -0.15) is 4.98 Å². The van der Waals surface area contributed by atoms with E-state index in [4.69, 9.17) is 4.42 Å². The summed E-state index contributed by atoms with van der Waals surface area (Å²) in [5.41, 5.74) is 0.777. The summed E-state index contributed by atoms with van der Waals surface area (Å²) in [5.74, 6) is 0.560. The fourth-order valence-corrected chi connectivity index (χ4v) is 2.67. The highest BCUT2D eigenvalue weighted by atomic mass is 16.6. The van der Waals surface area contributed by atoms with Crippen molar-refractivity contribution in [3.8, 4) is 0 Å². The third-order valence-electron chi connectivity index (χ3n) is 3.63. The maximum atomic E-state index is 11.0. The van der Waals surface area contributed by atoms with Crippen LogP contribution in [0.3, 0.4) is 0 Å². The van der Waals surface area contributed by atoms with E-state index in [9.17, 15) is 10.1 Å². The van der Waals surface area contributed by atoms with E-state index in [0.717, 1.165) is 26.1 Å². The molecule has 1 atom stereocenters. The van der Waals surface area contributed by atoms with Crippen LogP contribution in [-0.2, 0) is 0 Å². The van der Waals surface area contributed by atoms with Gasteiger partial charge in [0.1, 0.15) is 0 Å². The Bertz CT molecular complexity index is 640. The molecule has 0 spiro atoms. The number of nitrogens with zero attached hydrogens (tertiary/aromatic N) is 3. The Labute approximate surface area is 115 Å². The Balaban J connectivity index is 1.90. The first-order valence-corrected chi connectivity index (χ1v) is 6.62. The van der Waals surface area contributed by atoms with Gasteiger partial charge in [0.15, 0.2) is 11.1 Å². The lowest BCUT2D eigenvalue weighted by Crippen LogP contribution is -2.24. The number of oxazole rings is 1. The molecule has 3 rings (SSSR count). The van der Waals surface area contributed by atoms with E-state index in [-0.39, 0.29) is 5.69 Å². The van der Waals surface area contributed by atoms with Crippen molar-refractivity contribution in [2.45, 2.75) is 6.42 Å². The number of nitro benzene ring substituents is 1. The highest BCUT2D eigenvalue weighted by Gasteiger charge is 2.27. The van der Waals surface area contributed by atoms with Crippen LogP contribution in [0, 0.1) is 16.0 Å². The smallest absolute Gasteiger partial charge is 0.298 e. The second-order valence-electron chi connectivity index (χ2n) is 5.04. The average Bonchev–Trinajstić information content (AvgIpc) is 3.03. The summed E-state index contributed by atoms with van der Waals surface area (Å²) in [6, 6.07) is 5.25. The molecule has 1 saturated heterocycles. The fourth-order valence-electron chi connectivity index (χ4n) is 2.67. The Kier molecular flexibility index (Phi) is 3.27. The Morgan fingerprint density at radius 1 is 1.60 bits per heavy atom. The van der Waals surface area contributed by atoms with Gasteiger partial charge in [-0.1, -0.05) is 6.07 Å². The number of hydrogen-bond acceptors (Lipinski definition) is 6. The second-order valence-corrected chi connectivity index (χ2v) is 5.04. The van der Waals surface area contributed by atoms with Crippen LogP contribution in [0.4, 0.5) is 11.7 Å². The van der Waals surface area contributed by atoms with Crippen LogP contribution in [-0.4, -0.2) is 36.6 Å². The van der Waals surface area contributed by atoms with Gasteiger partial charge in [-0.15, -0.1) is 0 Å². The minimum Gasteiger partial charge on any atom is -0.423 e. The molecule has 1 fully saturated rings. The molecule has 0 radical (unpaired) electrons. The molecule has 1 aromatic heterocycles. The largest absolute Gasteiger partial charge is 0.423 e. The quantitative estimate of drug-likeness (QED) is 0.677. The zero-order valence-electron chi connectivity index (χ0n) is 11.2. The van der Waals surface area contributed by atoms with Crippen LogP contribution < -0.4 is 10.2 Å². The molecular formula is C13H16N4O3. The van der Waals surface area contributed by atoms with E-state index in [1.54, 1.807) is 12.1 Å². The summed E-state index contributed by atoms with van der Waals surface area (Å²) in [4.78, 5) is 16.9. The molecule has 1 unspecified atom stereocenters. The number of nitro groups is 1. The minimum atomic E-state index is -0.428. The maximum absolute atomic E-state index is 11.0. The number of benzene rings is 1. The summed E-state index contributed by atoms with van der Waals surface area (Å²) in [5, 5.41) is 14.1. The van der Waals surface area contributed by atoms with Crippen LogP contribution in [0.5, 0.6) is 0 Å². The number of fused-ring (bicyclic) bond motifs is 1. The van der Waals surface area contributed by atoms with Gasteiger partial charge < -0.3 is 14.6 Å². The highest BCUT2D eigenvalue weighted by molar-refractivity contribution is 5.84. The first-order valence-electron chi connectivity index (χ1n) is 6.62. The molecular weight excluding hydrogens is 260 g/mol. The van der Waals surface area contributed by atoms with Crippen molar-refractivity contribution in [2.24, 2.45) is 5.92 Å². The van der Waals surface area contributed by atoms with Gasteiger partial charge in [0.05, 0.1) is 4.92 Å². The maximum Gasteiger partial charge on any atom is 0.298 e. The molecule has 7 heteroatoms. The van der Waals surface area contributed by atoms with Crippen LogP contribution >= 0.6 is 0 Å². The number of para-hydroxylation sites is 1. The molecule has 1 aromatic carbocycles. The number of anilines is 1. The molecule has 1 N–H and O–H groups in total. The molecule has 7 nitrogen and oxygen atoms in total. The monoisotopic (exact) mass is 276 g/mol. The van der Waals surface area contributed by atoms with Gasteiger partial charge in [-0.05, 0) is 32.0 Å². The number of aromatic nitrogens is 1. The lowest BCUT2D eigenvalue weighted by Gasteiger charge is -2.13. The van der Waals surface area contributed by atoms with Crippen molar-refractivity contribution in [3.63, 3.8) is 0 Å². The Hall–Kier alpha value is -2.15. The summed E-state index contributed by atoms with van der Waals surface area (Å²) in [7, 11) is 1.94. The van der Waals surface area contributed by atoms with E-state index < -0.39 is 4.92 Å². The second kappa shape index (κ2) is 5.09. The molecule has 2 aromatic rings. The van der Waals surface area contributed by atoms with Gasteiger partial charge in [0.2, 0.25) is 0 Å². The van der Waals surface area contributed by atoms with E-state index in [2.05, 4.69) is 10.3 Å². The van der Waals surface area contributed by atoms with Crippen LogP contribution in [0.25, 0.3) is 11.1 Å². The molecule has 0 aliphatic carbocycles. The SMILES string of the molecule is CNCC1CCN(c2nc3c([N+](=O)[O-])cccc3o2)C1. The van der Waals surface area contributed by atoms with Crippen molar-refractivity contribution in [1.82, 2.24) is 10.3 Å². The van der Waals surface area contributed by atoms with Gasteiger partial charge in [-0.25, -0.2) is 0 Å². The topological polar surface area (TPSA) is 84.4 Å². The van der Waals surface area contributed by atoms with E-state index in [1.165, 1.54) is 6.07 Å². The van der Waals surface area contributed by atoms with Gasteiger partial charge in [-0.3, -0.25) is 10.1 Å². The van der Waals surface area contributed by atoms with Crippen molar-refractivity contribution in [1.29, 1.82) is 0 Å². The fraction of sp³-hybridized carbons (Fsp3) is 0.462. The van der Waals surface area contributed by atoms with Crippen molar-refractivity contribution in [2.75, 3.05) is 31.6 Å². The zero-order valence-corrected chi connectivity index (χ0v) is 11.2. The Morgan fingerprint density at radius 2 is 2.45 bits per heavy atom. The third kappa shape index (κ3) is 2.20. The number of nitrogens with one attached hydrogen (secondary N) is 1. The molecule has 0 saturated carbocycles. The molecule has 2 heterocycles. The molecule has 20 heavy (non-hydrogen) atoms. The first-order chi connectivity index (χ1) is 9.69. The van der Waals surface area contributed by atoms with Gasteiger partial charge >= 0.3 is 0 Å². The van der Waals surface area contributed by atoms with Crippen LogP contribution in [0.15, 0.2) is 22.6 Å². The van der Waals surface area contributed by atoms with Crippen molar-refractivity contribution in [3.05, 3.63) is 28.3 Å². The summed E-state index contributed by atoms with van der Waals surface area (Å²) < 4.78 is 5.66. The highest BCUT2D eigenvalue weighted by Crippen LogP contribution is 2.31. The number of non-ortho nitro benzene ring substituents is 1. The van der Waals surface area contributed by atoms with Gasteiger partial charge in [0, 0.05) is 19.2 Å². The predicted octanol–water partition coefficient (Wildman–Crippen LogP) is 1.78. The predicted molar refractivity (Wildman–Crippen MR) is 74.9 cm³/mol. The van der Waals surface area contributed by atoms with Gasteiger partial charge in [0.25, 0.3) is 11.7 Å². The minimum absolute atomic E-state index is 0.0107. The lowest BCUT2D eigenvalue weighted by atomic mass is 10.1. The third-order valence-corrected chi connectivity index (χ3v) is 3.63.